The largest absolute Gasteiger partial charge is 0.481 e. The summed E-state index contributed by atoms with van der Waals surface area (Å²) in [5, 5.41) is 13.3. The molecule has 2 amide bonds. The van der Waals surface area contributed by atoms with Gasteiger partial charge in [0.05, 0.1) is 18.9 Å². The number of aliphatic carboxylic acids is 1. The maximum Gasteiger partial charge on any atom is 0.407 e. The van der Waals surface area contributed by atoms with Crippen LogP contribution in [-0.2, 0) is 19.1 Å². The molecule has 2 unspecified atom stereocenters. The van der Waals surface area contributed by atoms with E-state index in [4.69, 9.17) is 14.6 Å². The Morgan fingerprint density at radius 1 is 1.00 bits per heavy atom. The van der Waals surface area contributed by atoms with Crippen LogP contribution in [0.15, 0.2) is 48.5 Å². The third kappa shape index (κ3) is 6.98. The van der Waals surface area contributed by atoms with Gasteiger partial charge in [-0.25, -0.2) is 13.6 Å². The Hall–Kier alpha value is -3.53. The lowest BCUT2D eigenvalue weighted by Gasteiger charge is -2.20. The third-order valence-corrected chi connectivity index (χ3v) is 5.68. The maximum absolute atomic E-state index is 13.0. The van der Waals surface area contributed by atoms with Gasteiger partial charge in [-0.3, -0.25) is 9.59 Å². The number of alkyl carbamates (subject to hydrolysis) is 1. The lowest BCUT2D eigenvalue weighted by molar-refractivity contribution is -0.139. The van der Waals surface area contributed by atoms with E-state index in [1.165, 1.54) is 0 Å². The van der Waals surface area contributed by atoms with Crippen molar-refractivity contribution in [2.45, 2.75) is 44.3 Å². The summed E-state index contributed by atoms with van der Waals surface area (Å²) in [4.78, 5) is 35.2. The molecule has 1 aliphatic carbocycles. The quantitative estimate of drug-likeness (QED) is 0.419. The number of ether oxygens (including phenoxy) is 2. The van der Waals surface area contributed by atoms with Gasteiger partial charge in [-0.2, -0.15) is 0 Å². The number of carbonyl (C=O) groups is 3. The fraction of sp³-hybridized carbons (Fsp3) is 0.400. The van der Waals surface area contributed by atoms with Crippen LogP contribution >= 0.6 is 0 Å². The summed E-state index contributed by atoms with van der Waals surface area (Å²) in [5.74, 6) is -2.36. The van der Waals surface area contributed by atoms with E-state index >= 15 is 0 Å². The molecule has 1 aliphatic rings. The first-order valence-electron chi connectivity index (χ1n) is 11.3. The van der Waals surface area contributed by atoms with Crippen LogP contribution in [0.4, 0.5) is 13.6 Å². The molecule has 0 heterocycles. The van der Waals surface area contributed by atoms with Crippen molar-refractivity contribution in [2.75, 3.05) is 19.8 Å². The van der Waals surface area contributed by atoms with E-state index in [2.05, 4.69) is 5.32 Å². The van der Waals surface area contributed by atoms with Gasteiger partial charge in [0.15, 0.2) is 0 Å². The summed E-state index contributed by atoms with van der Waals surface area (Å²) in [6.07, 6.45) is -5.77. The van der Waals surface area contributed by atoms with E-state index in [0.29, 0.717) is 0 Å². The molecule has 2 aromatic carbocycles. The number of carboxylic acids is 1. The average Bonchev–Trinajstić information content (AvgIpc) is 3.14. The van der Waals surface area contributed by atoms with Crippen molar-refractivity contribution in [1.82, 2.24) is 10.6 Å². The predicted octanol–water partition coefficient (Wildman–Crippen LogP) is 3.54. The zero-order valence-corrected chi connectivity index (χ0v) is 19.2. The Balaban J connectivity index is 1.52. The fourth-order valence-electron chi connectivity index (χ4n) is 4.14. The Kier molecular flexibility index (Phi) is 9.13. The summed E-state index contributed by atoms with van der Waals surface area (Å²) >= 11 is 0. The highest BCUT2D eigenvalue weighted by Gasteiger charge is 2.29. The summed E-state index contributed by atoms with van der Waals surface area (Å²) in [6.45, 7) is 1.93. The van der Waals surface area contributed by atoms with Gasteiger partial charge < -0.3 is 25.2 Å². The molecule has 2 atom stereocenters. The Bertz CT molecular complexity index is 1000. The minimum Gasteiger partial charge on any atom is -0.481 e. The highest BCUT2D eigenvalue weighted by molar-refractivity contribution is 5.79. The monoisotopic (exact) mass is 490 g/mol. The fourth-order valence-corrected chi connectivity index (χ4v) is 4.14. The van der Waals surface area contributed by atoms with Crippen molar-refractivity contribution in [3.63, 3.8) is 0 Å². The van der Waals surface area contributed by atoms with E-state index < -0.39 is 43.0 Å². The van der Waals surface area contributed by atoms with Crippen molar-refractivity contribution in [3.05, 3.63) is 59.7 Å². The molecule has 0 aromatic heterocycles. The molecule has 3 rings (SSSR count). The highest BCUT2D eigenvalue weighted by Crippen LogP contribution is 2.44. The van der Waals surface area contributed by atoms with E-state index in [0.717, 1.165) is 22.3 Å². The normalized spacial score (nSPS) is 14.1. The van der Waals surface area contributed by atoms with Gasteiger partial charge in [0.1, 0.15) is 12.6 Å². The summed E-state index contributed by atoms with van der Waals surface area (Å²) < 4.78 is 36.8. The second-order valence-corrected chi connectivity index (χ2v) is 8.09. The summed E-state index contributed by atoms with van der Waals surface area (Å²) in [5.41, 5.74) is 4.34. The van der Waals surface area contributed by atoms with Crippen LogP contribution in [-0.4, -0.2) is 61.4 Å². The number of rotatable bonds is 12. The molecule has 0 radical (unpaired) electrons. The first kappa shape index (κ1) is 26.1. The number of nitrogens with one attached hydrogen (secondary N) is 2. The van der Waals surface area contributed by atoms with Gasteiger partial charge >= 0.3 is 12.1 Å². The van der Waals surface area contributed by atoms with Crippen molar-refractivity contribution in [1.29, 1.82) is 0 Å². The number of hydrogen-bond acceptors (Lipinski definition) is 5. The first-order valence-corrected chi connectivity index (χ1v) is 11.3. The maximum atomic E-state index is 13.0. The zero-order valence-electron chi connectivity index (χ0n) is 19.2. The first-order chi connectivity index (χ1) is 16.8. The number of carbonyl (C=O) groups excluding carboxylic acids is 2. The zero-order chi connectivity index (χ0) is 25.4. The van der Waals surface area contributed by atoms with Crippen LogP contribution in [0.5, 0.6) is 0 Å². The van der Waals surface area contributed by atoms with Crippen molar-refractivity contribution in [3.8, 4) is 11.1 Å². The number of benzene rings is 2. The van der Waals surface area contributed by atoms with E-state index in [9.17, 15) is 23.2 Å². The molecule has 35 heavy (non-hydrogen) atoms. The van der Waals surface area contributed by atoms with Crippen LogP contribution in [0.3, 0.4) is 0 Å². The molecule has 0 saturated heterocycles. The predicted molar refractivity (Wildman–Crippen MR) is 123 cm³/mol. The van der Waals surface area contributed by atoms with E-state index in [1.54, 1.807) is 6.92 Å². The van der Waals surface area contributed by atoms with E-state index in [1.807, 2.05) is 53.8 Å². The molecule has 188 valence electrons. The van der Waals surface area contributed by atoms with Crippen LogP contribution in [0.2, 0.25) is 0 Å². The molecule has 0 spiro atoms. The number of alkyl halides is 2. The minimum absolute atomic E-state index is 0.0871. The van der Waals surface area contributed by atoms with Gasteiger partial charge in [-0.15, -0.1) is 0 Å². The van der Waals surface area contributed by atoms with Crippen LogP contribution in [0, 0.1) is 0 Å². The van der Waals surface area contributed by atoms with E-state index in [-0.39, 0.29) is 32.1 Å². The lowest BCUT2D eigenvalue weighted by Crippen LogP contribution is -2.44. The lowest BCUT2D eigenvalue weighted by atomic mass is 9.98. The van der Waals surface area contributed by atoms with Gasteiger partial charge in [-0.05, 0) is 29.2 Å². The molecule has 3 N–H and O–H groups in total. The molecule has 8 nitrogen and oxygen atoms in total. The molecule has 10 heteroatoms. The molecule has 0 aliphatic heterocycles. The van der Waals surface area contributed by atoms with Gasteiger partial charge in [0.2, 0.25) is 5.91 Å². The number of hydrogen-bond donors (Lipinski definition) is 3. The molecular formula is C25H28F2N2O6. The minimum atomic E-state index is -3.03. The summed E-state index contributed by atoms with van der Waals surface area (Å²) in [6, 6.07) is 14.0. The topological polar surface area (TPSA) is 114 Å². The third-order valence-electron chi connectivity index (χ3n) is 5.68. The summed E-state index contributed by atoms with van der Waals surface area (Å²) in [7, 11) is 0. The SMILES string of the molecule is CCOC(CNC(=O)OCC1c2ccccc2-c2ccccc21)CC(=O)NC(CC(=O)O)C(F)F. The second-order valence-electron chi connectivity index (χ2n) is 8.09. The van der Waals surface area contributed by atoms with Crippen LogP contribution in [0.25, 0.3) is 11.1 Å². The van der Waals surface area contributed by atoms with Crippen LogP contribution in [0.1, 0.15) is 36.8 Å². The Morgan fingerprint density at radius 3 is 2.14 bits per heavy atom. The Morgan fingerprint density at radius 2 is 1.60 bits per heavy atom. The van der Waals surface area contributed by atoms with Crippen molar-refractivity contribution < 1.29 is 37.7 Å². The number of amides is 2. The molecule has 0 fully saturated rings. The number of fused-ring (bicyclic) bond motifs is 3. The van der Waals surface area contributed by atoms with Gasteiger partial charge in [-0.1, -0.05) is 48.5 Å². The van der Waals surface area contributed by atoms with Gasteiger partial charge in [0.25, 0.3) is 6.43 Å². The molecule has 2 aromatic rings. The smallest absolute Gasteiger partial charge is 0.407 e. The number of carboxylic acid groups (broad SMARTS) is 1. The molecule has 0 bridgehead atoms. The van der Waals surface area contributed by atoms with Crippen LogP contribution < -0.4 is 10.6 Å². The number of halogens is 2. The van der Waals surface area contributed by atoms with Gasteiger partial charge in [0, 0.05) is 19.1 Å². The second kappa shape index (κ2) is 12.3. The van der Waals surface area contributed by atoms with Crippen molar-refractivity contribution >= 4 is 18.0 Å². The van der Waals surface area contributed by atoms with Crippen molar-refractivity contribution in [2.24, 2.45) is 0 Å². The Labute approximate surface area is 201 Å². The standard InChI is InChI=1S/C25H28F2N2O6/c1-2-34-15(11-22(30)29-21(24(26)27)12-23(31)32)13-28-25(33)35-14-20-18-9-5-3-7-16(18)17-8-4-6-10-19(17)20/h3-10,15,20-21,24H,2,11-14H2,1H3,(H,28,33)(H,29,30)(H,31,32). The molecule has 0 saturated carbocycles. The molecular weight excluding hydrogens is 462 g/mol. The average molecular weight is 491 g/mol. The highest BCUT2D eigenvalue weighted by atomic mass is 19.3.